The molecule has 0 aliphatic carbocycles. The first-order chi connectivity index (χ1) is 16.3. The standard InChI is InChI=1S/C22H31F3N8O/c1-31-11-6-17(7-12-31)33-15-16(13-28-33)29-21-27-14-18(22(23,24)25)20(30-21)26-8-4-10-32-9-3-2-5-19(32)34/h13-15,17H,2-12H2,1H3,(H2,26,27,29,30). The van der Waals surface area contributed by atoms with Gasteiger partial charge in [-0.15, -0.1) is 0 Å². The van der Waals surface area contributed by atoms with Crippen LogP contribution in [-0.2, 0) is 11.0 Å². The van der Waals surface area contributed by atoms with Crippen molar-refractivity contribution in [1.82, 2.24) is 29.5 Å². The molecule has 2 fully saturated rings. The van der Waals surface area contributed by atoms with E-state index in [4.69, 9.17) is 0 Å². The molecule has 0 radical (unpaired) electrons. The topological polar surface area (TPSA) is 91.2 Å². The summed E-state index contributed by atoms with van der Waals surface area (Å²) < 4.78 is 42.3. The number of carbonyl (C=O) groups is 1. The molecule has 186 valence electrons. The summed E-state index contributed by atoms with van der Waals surface area (Å²) in [6.07, 6.45) is 4.58. The Morgan fingerprint density at radius 3 is 2.68 bits per heavy atom. The molecule has 2 aromatic rings. The maximum atomic E-state index is 13.5. The van der Waals surface area contributed by atoms with E-state index in [0.717, 1.165) is 45.0 Å². The normalized spacial score (nSPS) is 18.4. The maximum Gasteiger partial charge on any atom is 0.421 e. The quantitative estimate of drug-likeness (QED) is 0.559. The summed E-state index contributed by atoms with van der Waals surface area (Å²) in [4.78, 5) is 23.9. The van der Waals surface area contributed by atoms with E-state index in [1.165, 1.54) is 0 Å². The number of alkyl halides is 3. The van der Waals surface area contributed by atoms with Gasteiger partial charge in [0.25, 0.3) is 0 Å². The van der Waals surface area contributed by atoms with Crippen molar-refractivity contribution in [2.75, 3.05) is 50.4 Å². The van der Waals surface area contributed by atoms with Crippen LogP contribution >= 0.6 is 0 Å². The molecule has 2 aromatic heterocycles. The van der Waals surface area contributed by atoms with Crippen LogP contribution in [0.25, 0.3) is 0 Å². The molecule has 2 N–H and O–H groups in total. The highest BCUT2D eigenvalue weighted by molar-refractivity contribution is 5.76. The molecule has 34 heavy (non-hydrogen) atoms. The number of nitrogens with one attached hydrogen (secondary N) is 2. The third-order valence-corrected chi connectivity index (χ3v) is 6.33. The Morgan fingerprint density at radius 2 is 1.94 bits per heavy atom. The van der Waals surface area contributed by atoms with Gasteiger partial charge in [0.1, 0.15) is 11.4 Å². The lowest BCUT2D eigenvalue weighted by Gasteiger charge is -2.28. The molecule has 1 amide bonds. The second kappa shape index (κ2) is 10.6. The first kappa shape index (κ1) is 24.2. The molecule has 4 rings (SSSR count). The van der Waals surface area contributed by atoms with Gasteiger partial charge in [0.05, 0.1) is 17.9 Å². The lowest BCUT2D eigenvalue weighted by Crippen LogP contribution is -2.36. The van der Waals surface area contributed by atoms with Crippen LogP contribution in [0.5, 0.6) is 0 Å². The van der Waals surface area contributed by atoms with Gasteiger partial charge in [-0.3, -0.25) is 9.48 Å². The van der Waals surface area contributed by atoms with Gasteiger partial charge >= 0.3 is 6.18 Å². The van der Waals surface area contributed by atoms with Gasteiger partial charge in [-0.1, -0.05) is 0 Å². The molecule has 12 heteroatoms. The van der Waals surface area contributed by atoms with Crippen LogP contribution in [-0.4, -0.2) is 75.2 Å². The van der Waals surface area contributed by atoms with Gasteiger partial charge in [0.15, 0.2) is 0 Å². The van der Waals surface area contributed by atoms with Crippen LogP contribution in [0.3, 0.4) is 0 Å². The predicted molar refractivity (Wildman–Crippen MR) is 122 cm³/mol. The fourth-order valence-corrected chi connectivity index (χ4v) is 4.35. The van der Waals surface area contributed by atoms with E-state index in [2.05, 4.69) is 37.6 Å². The van der Waals surface area contributed by atoms with Crippen molar-refractivity contribution >= 4 is 23.4 Å². The van der Waals surface area contributed by atoms with Gasteiger partial charge < -0.3 is 20.4 Å². The van der Waals surface area contributed by atoms with Crippen molar-refractivity contribution in [3.63, 3.8) is 0 Å². The summed E-state index contributed by atoms with van der Waals surface area (Å²) in [5.74, 6) is -0.112. The molecule has 2 aliphatic heterocycles. The van der Waals surface area contributed by atoms with E-state index >= 15 is 0 Å². The second-order valence-corrected chi connectivity index (χ2v) is 8.94. The molecule has 0 bridgehead atoms. The van der Waals surface area contributed by atoms with Gasteiger partial charge in [-0.05, 0) is 52.2 Å². The number of aromatic nitrogens is 4. The van der Waals surface area contributed by atoms with Crippen LogP contribution in [0.15, 0.2) is 18.6 Å². The molecule has 2 saturated heterocycles. The molecular weight excluding hydrogens is 449 g/mol. The largest absolute Gasteiger partial charge is 0.421 e. The molecule has 0 saturated carbocycles. The lowest BCUT2D eigenvalue weighted by molar-refractivity contribution is -0.137. The lowest BCUT2D eigenvalue weighted by atomic mass is 10.1. The number of hydrogen-bond donors (Lipinski definition) is 2. The van der Waals surface area contributed by atoms with Crippen LogP contribution in [0, 0.1) is 0 Å². The van der Waals surface area contributed by atoms with E-state index in [-0.39, 0.29) is 24.2 Å². The average molecular weight is 481 g/mol. The summed E-state index contributed by atoms with van der Waals surface area (Å²) >= 11 is 0. The van der Waals surface area contributed by atoms with E-state index in [1.54, 1.807) is 11.1 Å². The number of piperidine rings is 2. The van der Waals surface area contributed by atoms with Crippen molar-refractivity contribution in [2.45, 2.75) is 50.7 Å². The maximum absolute atomic E-state index is 13.5. The van der Waals surface area contributed by atoms with Crippen LogP contribution < -0.4 is 10.6 Å². The highest BCUT2D eigenvalue weighted by atomic mass is 19.4. The Labute approximate surface area is 196 Å². The molecule has 0 aromatic carbocycles. The molecule has 0 atom stereocenters. The number of likely N-dealkylation sites (tertiary alicyclic amines) is 2. The Hall–Kier alpha value is -2.89. The molecule has 0 spiro atoms. The zero-order chi connectivity index (χ0) is 24.1. The Kier molecular flexibility index (Phi) is 7.54. The van der Waals surface area contributed by atoms with Crippen LogP contribution in [0.1, 0.15) is 50.1 Å². The first-order valence-corrected chi connectivity index (χ1v) is 11.8. The van der Waals surface area contributed by atoms with Crippen molar-refractivity contribution in [1.29, 1.82) is 0 Å². The van der Waals surface area contributed by atoms with E-state index in [1.807, 2.05) is 10.9 Å². The molecule has 9 nitrogen and oxygen atoms in total. The fraction of sp³-hybridized carbons (Fsp3) is 0.636. The number of nitrogens with zero attached hydrogens (tertiary/aromatic N) is 6. The number of hydrogen-bond acceptors (Lipinski definition) is 7. The Morgan fingerprint density at radius 1 is 1.15 bits per heavy atom. The van der Waals surface area contributed by atoms with E-state index < -0.39 is 11.7 Å². The smallest absolute Gasteiger partial charge is 0.369 e. The minimum atomic E-state index is -4.58. The number of halogens is 3. The Bertz CT molecular complexity index is 971. The third-order valence-electron chi connectivity index (χ3n) is 6.33. The first-order valence-electron chi connectivity index (χ1n) is 11.8. The number of rotatable bonds is 8. The molecule has 4 heterocycles. The van der Waals surface area contributed by atoms with Crippen molar-refractivity contribution < 1.29 is 18.0 Å². The third kappa shape index (κ3) is 6.16. The summed E-state index contributed by atoms with van der Waals surface area (Å²) in [6, 6.07) is 0.296. The fourth-order valence-electron chi connectivity index (χ4n) is 4.35. The number of amides is 1. The summed E-state index contributed by atoms with van der Waals surface area (Å²) in [5, 5.41) is 10.2. The predicted octanol–water partition coefficient (Wildman–Crippen LogP) is 3.52. The van der Waals surface area contributed by atoms with E-state index in [9.17, 15) is 18.0 Å². The summed E-state index contributed by atoms with van der Waals surface area (Å²) in [7, 11) is 2.09. The highest BCUT2D eigenvalue weighted by Gasteiger charge is 2.35. The number of anilines is 3. The van der Waals surface area contributed by atoms with Crippen LogP contribution in [0.4, 0.5) is 30.6 Å². The van der Waals surface area contributed by atoms with Crippen molar-refractivity contribution in [3.05, 3.63) is 24.2 Å². The van der Waals surface area contributed by atoms with Crippen molar-refractivity contribution in [2.24, 2.45) is 0 Å². The molecule has 0 unspecified atom stereocenters. The summed E-state index contributed by atoms with van der Waals surface area (Å²) in [6.45, 7) is 3.48. The highest BCUT2D eigenvalue weighted by Crippen LogP contribution is 2.34. The Balaban J connectivity index is 1.38. The second-order valence-electron chi connectivity index (χ2n) is 8.94. The van der Waals surface area contributed by atoms with Crippen molar-refractivity contribution in [3.8, 4) is 0 Å². The molecular formula is C22H31F3N8O. The van der Waals surface area contributed by atoms with Gasteiger partial charge in [-0.2, -0.15) is 23.3 Å². The minimum absolute atomic E-state index is 0.0598. The zero-order valence-corrected chi connectivity index (χ0v) is 19.3. The van der Waals surface area contributed by atoms with Crippen LogP contribution in [0.2, 0.25) is 0 Å². The SMILES string of the molecule is CN1CCC(n2cc(Nc3ncc(C(F)(F)F)c(NCCCN4CCCCC4=O)n3)cn2)CC1. The monoisotopic (exact) mass is 480 g/mol. The average Bonchev–Trinajstić information content (AvgIpc) is 3.26. The minimum Gasteiger partial charge on any atom is -0.369 e. The molecule has 2 aliphatic rings. The van der Waals surface area contributed by atoms with Gasteiger partial charge in [0, 0.05) is 38.4 Å². The van der Waals surface area contributed by atoms with E-state index in [0.29, 0.717) is 37.7 Å². The van der Waals surface area contributed by atoms with Gasteiger partial charge in [-0.25, -0.2) is 4.98 Å². The summed E-state index contributed by atoms with van der Waals surface area (Å²) in [5.41, 5.74) is -0.303. The zero-order valence-electron chi connectivity index (χ0n) is 19.3. The van der Waals surface area contributed by atoms with Gasteiger partial charge in [0.2, 0.25) is 11.9 Å². The number of carbonyl (C=O) groups excluding carboxylic acids is 1.